The van der Waals surface area contributed by atoms with E-state index in [0.717, 1.165) is 6.08 Å². The second-order valence-electron chi connectivity index (χ2n) is 12.7. The molecule has 9 atom stereocenters. The van der Waals surface area contributed by atoms with Crippen LogP contribution in [-0.4, -0.2) is 84.9 Å². The number of aryl methyl sites for hydroxylation is 1. The number of aromatic hydroxyl groups is 1. The third kappa shape index (κ3) is 7.29. The lowest BCUT2D eigenvalue weighted by Gasteiger charge is -2.37. The van der Waals surface area contributed by atoms with Gasteiger partial charge in [-0.05, 0) is 38.0 Å². The molecule has 2 heterocycles. The van der Waals surface area contributed by atoms with Crippen molar-refractivity contribution in [2.45, 2.75) is 72.9 Å². The summed E-state index contributed by atoms with van der Waals surface area (Å²) < 4.78 is 0. The number of hydrogen-bond acceptors (Lipinski definition) is 10. The van der Waals surface area contributed by atoms with Gasteiger partial charge in [-0.1, -0.05) is 52.0 Å². The third-order valence-corrected chi connectivity index (χ3v) is 9.34. The first-order valence-corrected chi connectivity index (χ1v) is 15.3. The highest BCUT2D eigenvalue weighted by Crippen LogP contribution is 2.35. The molecule has 11 nitrogen and oxygen atoms in total. The number of hydrogen-bond donors (Lipinski definition) is 7. The molecule has 0 radical (unpaired) electrons. The lowest BCUT2D eigenvalue weighted by Crippen LogP contribution is -2.46. The number of allylic oxidation sites excluding steroid dienone is 5. The molecule has 2 aliphatic heterocycles. The summed E-state index contributed by atoms with van der Waals surface area (Å²) in [5.41, 5.74) is -1.02. The van der Waals surface area contributed by atoms with Gasteiger partial charge in [0, 0.05) is 52.4 Å². The molecule has 3 aliphatic rings. The van der Waals surface area contributed by atoms with Gasteiger partial charge in [0.15, 0.2) is 11.6 Å². The Bertz CT molecular complexity index is 1520. The number of carbonyl (C=O) groups excluding carboxylic acids is 4. The maximum Gasteiger partial charge on any atom is 0.251 e. The number of aliphatic hydroxyl groups excluding tert-OH is 5. The minimum atomic E-state index is -1.39. The lowest BCUT2D eigenvalue weighted by atomic mass is 9.76. The zero-order chi connectivity index (χ0) is 34.8. The average molecular weight is 640 g/mol. The summed E-state index contributed by atoms with van der Waals surface area (Å²) in [4.78, 5) is 53.5. The Kier molecular flexibility index (Phi) is 11.8. The highest BCUT2D eigenvalue weighted by Gasteiger charge is 2.39. The minimum Gasteiger partial charge on any atom is -0.507 e. The van der Waals surface area contributed by atoms with Gasteiger partial charge in [-0.25, -0.2) is 0 Å². The van der Waals surface area contributed by atoms with Crippen molar-refractivity contribution in [2.24, 2.45) is 29.6 Å². The van der Waals surface area contributed by atoms with Crippen LogP contribution in [0.4, 0.5) is 0 Å². The van der Waals surface area contributed by atoms with Gasteiger partial charge in [-0.2, -0.15) is 0 Å². The zero-order valence-electron chi connectivity index (χ0n) is 27.2. The maximum atomic E-state index is 13.7. The Morgan fingerprint density at radius 1 is 0.761 bits per heavy atom. The molecule has 0 spiro atoms. The molecule has 0 saturated heterocycles. The van der Waals surface area contributed by atoms with Gasteiger partial charge in [-0.3, -0.25) is 19.2 Å². The molecule has 1 aromatic carbocycles. The Labute approximate surface area is 268 Å². The lowest BCUT2D eigenvalue weighted by molar-refractivity contribution is -0.116. The van der Waals surface area contributed by atoms with Gasteiger partial charge >= 0.3 is 0 Å². The second kappa shape index (κ2) is 14.8. The number of benzene rings is 1. The smallest absolute Gasteiger partial charge is 0.251 e. The van der Waals surface area contributed by atoms with Crippen LogP contribution in [0.5, 0.6) is 5.75 Å². The van der Waals surface area contributed by atoms with Crippen LogP contribution < -0.4 is 5.32 Å². The van der Waals surface area contributed by atoms with Gasteiger partial charge in [0.2, 0.25) is 5.78 Å². The van der Waals surface area contributed by atoms with Gasteiger partial charge in [-0.15, -0.1) is 0 Å². The minimum absolute atomic E-state index is 0.0586. The molecule has 1 amide bonds. The van der Waals surface area contributed by atoms with Gasteiger partial charge in [0.25, 0.3) is 5.91 Å². The summed E-state index contributed by atoms with van der Waals surface area (Å²) in [5.74, 6) is -7.57. The SMILES string of the molecule is C/C1=C/C=C/[C@H](C)[C@@H](O)[C@H](C)[C@@H](O)[C@H](C)[C@H](O)[C@@H](C)[C@H](O)[C@@H](CO)/C=C(/C)C(=O)c2c(O)c(C)cc3c2C(=O)C=C(NC1=O)C3=O. The number of fused-ring (bicyclic) bond motifs is 15. The number of amides is 1. The molecule has 0 unspecified atom stereocenters. The molecule has 0 fully saturated rings. The van der Waals surface area contributed by atoms with Crippen molar-refractivity contribution in [3.63, 3.8) is 0 Å². The Hall–Kier alpha value is -3.74. The van der Waals surface area contributed by atoms with E-state index in [0.29, 0.717) is 0 Å². The molecule has 1 aromatic rings. The van der Waals surface area contributed by atoms with Crippen molar-refractivity contribution in [3.8, 4) is 5.75 Å². The molecule has 46 heavy (non-hydrogen) atoms. The predicted molar refractivity (Wildman–Crippen MR) is 170 cm³/mol. The van der Waals surface area contributed by atoms with E-state index < -0.39 is 95.2 Å². The van der Waals surface area contributed by atoms with Crippen molar-refractivity contribution < 1.29 is 49.8 Å². The number of phenols is 1. The normalized spacial score (nSPS) is 35.0. The summed E-state index contributed by atoms with van der Waals surface area (Å²) >= 11 is 0. The molecular weight excluding hydrogens is 594 g/mol. The van der Waals surface area contributed by atoms with E-state index >= 15 is 0 Å². The van der Waals surface area contributed by atoms with Crippen molar-refractivity contribution >= 4 is 23.3 Å². The van der Waals surface area contributed by atoms with Crippen LogP contribution in [0.25, 0.3) is 0 Å². The topological polar surface area (TPSA) is 202 Å². The zero-order valence-corrected chi connectivity index (χ0v) is 27.2. The summed E-state index contributed by atoms with van der Waals surface area (Å²) in [6.07, 6.45) is 1.87. The van der Waals surface area contributed by atoms with E-state index in [1.54, 1.807) is 32.9 Å². The first-order valence-electron chi connectivity index (χ1n) is 15.3. The van der Waals surface area contributed by atoms with Crippen LogP contribution >= 0.6 is 0 Å². The van der Waals surface area contributed by atoms with E-state index in [1.807, 2.05) is 0 Å². The highest BCUT2D eigenvalue weighted by atomic mass is 16.3. The molecule has 7 N–H and O–H groups in total. The molecule has 250 valence electrons. The summed E-state index contributed by atoms with van der Waals surface area (Å²) in [6, 6.07) is 1.26. The van der Waals surface area contributed by atoms with Gasteiger partial charge in [0.1, 0.15) is 5.75 Å². The molecule has 11 heteroatoms. The number of nitrogens with one attached hydrogen (secondary N) is 1. The summed E-state index contributed by atoms with van der Waals surface area (Å²) in [5, 5.41) is 67.8. The third-order valence-electron chi connectivity index (χ3n) is 9.34. The van der Waals surface area contributed by atoms with E-state index in [2.05, 4.69) is 5.32 Å². The molecular formula is C35H45NO10. The number of ketones is 3. The standard InChI is InChI=1S/C35H45NO10/c1-15-9-8-10-16(2)35(46)36-24-13-25(38)26-23(34(24)45)12-18(4)30(41)27(26)29(40)17(3)11-22(14-37)33(44)21(7)32(43)20(6)31(42)19(5)28(15)39/h8-13,15,19-22,28,31-33,37,39,41-44H,14H2,1-7H3,(H,36,46)/b9-8+,16-10-,17-11-/t15-,19-,20-,21+,22+,28+,31+,32-,33-/m0/s1. The summed E-state index contributed by atoms with van der Waals surface area (Å²) in [6.45, 7) is 10.1. The Morgan fingerprint density at radius 2 is 1.33 bits per heavy atom. The molecule has 1 aliphatic carbocycles. The number of aliphatic hydroxyl groups is 5. The van der Waals surface area contributed by atoms with Crippen LogP contribution in [0.15, 0.2) is 53.3 Å². The highest BCUT2D eigenvalue weighted by molar-refractivity contribution is 6.30. The van der Waals surface area contributed by atoms with Crippen LogP contribution in [0.2, 0.25) is 0 Å². The fraction of sp³-hybridized carbons (Fsp3) is 0.486. The fourth-order valence-electron chi connectivity index (χ4n) is 6.04. The van der Waals surface area contributed by atoms with Gasteiger partial charge < -0.3 is 36.0 Å². The van der Waals surface area contributed by atoms with Crippen LogP contribution in [-0.2, 0) is 4.79 Å². The van der Waals surface area contributed by atoms with E-state index in [-0.39, 0.29) is 33.5 Å². The van der Waals surface area contributed by atoms with E-state index in [9.17, 15) is 49.8 Å². The van der Waals surface area contributed by atoms with Gasteiger partial charge in [0.05, 0.1) is 42.3 Å². The van der Waals surface area contributed by atoms with Crippen LogP contribution in [0, 0.1) is 36.5 Å². The quantitative estimate of drug-likeness (QED) is 0.239. The summed E-state index contributed by atoms with van der Waals surface area (Å²) in [7, 11) is 0. The van der Waals surface area contributed by atoms with Crippen LogP contribution in [0.3, 0.4) is 0 Å². The monoisotopic (exact) mass is 639 g/mol. The number of phenolic OH excluding ortho intramolecular Hbond substituents is 1. The van der Waals surface area contributed by atoms with Crippen LogP contribution in [0.1, 0.15) is 78.2 Å². The first-order chi connectivity index (χ1) is 21.4. The number of Topliss-reactive ketones (excluding diaryl/α,β-unsaturated/α-hetero) is 2. The van der Waals surface area contributed by atoms with E-state index in [1.165, 1.54) is 45.9 Å². The number of rotatable bonds is 1. The molecule has 0 saturated carbocycles. The second-order valence-corrected chi connectivity index (χ2v) is 12.7. The van der Waals surface area contributed by atoms with Crippen molar-refractivity contribution in [1.82, 2.24) is 5.32 Å². The fourth-order valence-corrected chi connectivity index (χ4v) is 6.04. The molecule has 4 bridgehead atoms. The van der Waals surface area contributed by atoms with Crippen molar-refractivity contribution in [3.05, 3.63) is 75.5 Å². The number of carbonyl (C=O) groups is 4. The molecule has 4 rings (SSSR count). The Morgan fingerprint density at radius 3 is 1.91 bits per heavy atom. The predicted octanol–water partition coefficient (Wildman–Crippen LogP) is 2.32. The van der Waals surface area contributed by atoms with E-state index in [4.69, 9.17) is 0 Å². The first kappa shape index (κ1) is 36.7. The Balaban J connectivity index is 2.19. The average Bonchev–Trinajstić information content (AvgIpc) is 3.03. The van der Waals surface area contributed by atoms with Crippen molar-refractivity contribution in [2.75, 3.05) is 6.61 Å². The molecule has 0 aromatic heterocycles. The van der Waals surface area contributed by atoms with Crippen molar-refractivity contribution in [1.29, 1.82) is 0 Å². The largest absolute Gasteiger partial charge is 0.507 e. The maximum absolute atomic E-state index is 13.7.